The van der Waals surface area contributed by atoms with Gasteiger partial charge in [0.15, 0.2) is 0 Å². The topological polar surface area (TPSA) is 83.8 Å². The van der Waals surface area contributed by atoms with Crippen LogP contribution in [-0.2, 0) is 20.7 Å². The van der Waals surface area contributed by atoms with Crippen LogP contribution in [0.4, 0.5) is 0 Å². The van der Waals surface area contributed by atoms with Gasteiger partial charge in [-0.1, -0.05) is 54.6 Å². The van der Waals surface area contributed by atoms with Gasteiger partial charge in [0.05, 0.1) is 29.8 Å². The van der Waals surface area contributed by atoms with Crippen LogP contribution in [0.15, 0.2) is 54.6 Å². The Morgan fingerprint density at radius 2 is 1.97 bits per heavy atom. The monoisotopic (exact) mass is 502 g/mol. The summed E-state index contributed by atoms with van der Waals surface area (Å²) in [4.78, 5) is 23.6. The van der Waals surface area contributed by atoms with E-state index in [0.717, 1.165) is 24.3 Å². The van der Waals surface area contributed by atoms with E-state index in [1.807, 2.05) is 24.3 Å². The predicted molar refractivity (Wildman–Crippen MR) is 141 cm³/mol. The molecule has 184 valence electrons. The molecule has 1 fully saturated rings. The molecular weight excluding hydrogens is 468 g/mol. The van der Waals surface area contributed by atoms with Crippen LogP contribution in [-0.4, -0.2) is 63.3 Å². The summed E-state index contributed by atoms with van der Waals surface area (Å²) in [5.74, 6) is 1.45. The van der Waals surface area contributed by atoms with Crippen LogP contribution < -0.4 is 0 Å². The lowest BCUT2D eigenvalue weighted by Gasteiger charge is -2.22. The highest BCUT2D eigenvalue weighted by Gasteiger charge is 2.40. The maximum absolute atomic E-state index is 12.5. The molecule has 0 aromatic heterocycles. The van der Waals surface area contributed by atoms with Gasteiger partial charge in [0.1, 0.15) is 5.78 Å². The van der Waals surface area contributed by atoms with E-state index >= 15 is 0 Å². The van der Waals surface area contributed by atoms with Gasteiger partial charge in [0, 0.05) is 12.3 Å². The van der Waals surface area contributed by atoms with Crippen molar-refractivity contribution in [2.45, 2.75) is 49.6 Å². The Balaban J connectivity index is 1.53. The van der Waals surface area contributed by atoms with Crippen molar-refractivity contribution in [1.29, 1.82) is 0 Å². The summed E-state index contributed by atoms with van der Waals surface area (Å²) in [6, 6.07) is 14.5. The van der Waals surface area contributed by atoms with E-state index in [9.17, 15) is 19.8 Å². The number of methoxy groups -OCH3 is 1. The molecule has 2 aromatic carbocycles. The Labute approximate surface area is 210 Å². The van der Waals surface area contributed by atoms with E-state index in [2.05, 4.69) is 29.0 Å². The van der Waals surface area contributed by atoms with E-state index in [4.69, 9.17) is 0 Å². The normalized spacial score (nSPS) is 22.4. The van der Waals surface area contributed by atoms with E-state index in [0.29, 0.717) is 12.2 Å². The number of aryl methyl sites for hydroxylation is 1. The number of benzene rings is 2. The zero-order valence-corrected chi connectivity index (χ0v) is 21.4. The number of ketones is 1. The van der Waals surface area contributed by atoms with Crippen LogP contribution in [0.25, 0.3) is 10.8 Å². The van der Waals surface area contributed by atoms with Crippen molar-refractivity contribution in [3.8, 4) is 0 Å². The van der Waals surface area contributed by atoms with Gasteiger partial charge in [0.25, 0.3) is 0 Å². The highest BCUT2D eigenvalue weighted by atomic mass is 32.2. The van der Waals surface area contributed by atoms with Gasteiger partial charge in [0.2, 0.25) is 0 Å². The van der Waals surface area contributed by atoms with E-state index in [1.165, 1.54) is 35.2 Å². The third-order valence-electron chi connectivity index (χ3n) is 6.16. The molecule has 34 heavy (non-hydrogen) atoms. The Bertz CT molecular complexity index is 998. The van der Waals surface area contributed by atoms with Crippen LogP contribution in [0.1, 0.15) is 31.7 Å². The first-order valence-corrected chi connectivity index (χ1v) is 13.9. The molecule has 2 aromatic rings. The van der Waals surface area contributed by atoms with Crippen LogP contribution in [0, 0.1) is 5.92 Å². The van der Waals surface area contributed by atoms with Gasteiger partial charge >= 0.3 is 5.97 Å². The number of carbonyl (C=O) groups excluding carboxylic acids is 2. The molecule has 0 saturated heterocycles. The second-order valence-corrected chi connectivity index (χ2v) is 11.3. The third kappa shape index (κ3) is 7.60. The van der Waals surface area contributed by atoms with E-state index < -0.39 is 11.7 Å². The minimum atomic E-state index is -1.04. The molecule has 4 atom stereocenters. The molecule has 1 aliphatic rings. The number of ether oxygens (including phenoxy) is 1. The zero-order chi connectivity index (χ0) is 24.6. The van der Waals surface area contributed by atoms with E-state index in [1.54, 1.807) is 24.8 Å². The number of aliphatic hydroxyl groups is 2. The van der Waals surface area contributed by atoms with Gasteiger partial charge in [-0.2, -0.15) is 11.8 Å². The number of carbonyl (C=O) groups is 2. The second-order valence-electron chi connectivity index (χ2n) is 8.94. The first-order valence-electron chi connectivity index (χ1n) is 11.7. The van der Waals surface area contributed by atoms with Gasteiger partial charge in [-0.05, 0) is 54.0 Å². The fourth-order valence-electron chi connectivity index (χ4n) is 4.19. The first-order chi connectivity index (χ1) is 16.3. The van der Waals surface area contributed by atoms with Gasteiger partial charge < -0.3 is 14.9 Å². The van der Waals surface area contributed by atoms with Crippen molar-refractivity contribution in [2.24, 2.45) is 5.92 Å². The molecule has 3 rings (SSSR count). The number of rotatable bonds is 12. The molecule has 2 unspecified atom stereocenters. The summed E-state index contributed by atoms with van der Waals surface area (Å²) in [7, 11) is 1.38. The molecule has 5 nitrogen and oxygen atoms in total. The lowest BCUT2D eigenvalue weighted by atomic mass is 9.92. The minimum absolute atomic E-state index is 0.0600. The molecule has 0 spiro atoms. The van der Waals surface area contributed by atoms with Crippen molar-refractivity contribution >= 4 is 46.0 Å². The fraction of sp³-hybridized carbons (Fsp3) is 0.481. The molecule has 1 saturated carbocycles. The van der Waals surface area contributed by atoms with Crippen molar-refractivity contribution in [1.82, 2.24) is 0 Å². The Morgan fingerprint density at radius 1 is 1.21 bits per heavy atom. The number of esters is 1. The molecule has 0 aliphatic heterocycles. The Hall–Kier alpha value is -1.80. The minimum Gasteiger partial charge on any atom is -0.468 e. The SMILES string of the molecule is COC(=O)CSCCCSC1C(=O)C[C@@H](O)[C@@H]1C=CC(C)(O)CCc1cccc2ccccc12. The highest BCUT2D eigenvalue weighted by Crippen LogP contribution is 2.35. The zero-order valence-electron chi connectivity index (χ0n) is 19.8. The number of fused-ring (bicyclic) bond motifs is 1. The maximum atomic E-state index is 12.5. The third-order valence-corrected chi connectivity index (χ3v) is 8.64. The van der Waals surface area contributed by atoms with Crippen LogP contribution in [0.5, 0.6) is 0 Å². The predicted octanol–water partition coefficient (Wildman–Crippen LogP) is 4.43. The van der Waals surface area contributed by atoms with Crippen molar-refractivity contribution < 1.29 is 24.5 Å². The molecule has 0 heterocycles. The summed E-state index contributed by atoms with van der Waals surface area (Å²) >= 11 is 3.08. The van der Waals surface area contributed by atoms with Crippen molar-refractivity contribution in [3.05, 3.63) is 60.2 Å². The number of aliphatic hydroxyl groups excluding tert-OH is 1. The number of thioether (sulfide) groups is 2. The molecule has 0 bridgehead atoms. The summed E-state index contributed by atoms with van der Waals surface area (Å²) in [5, 5.41) is 23.5. The van der Waals surface area contributed by atoms with Gasteiger partial charge in [-0.25, -0.2) is 0 Å². The Morgan fingerprint density at radius 3 is 2.76 bits per heavy atom. The molecule has 0 radical (unpaired) electrons. The van der Waals surface area contributed by atoms with E-state index in [-0.39, 0.29) is 29.3 Å². The van der Waals surface area contributed by atoms with Crippen molar-refractivity contribution in [3.63, 3.8) is 0 Å². The lowest BCUT2D eigenvalue weighted by molar-refractivity contribution is -0.137. The second kappa shape index (κ2) is 12.8. The fourth-order valence-corrected chi connectivity index (χ4v) is 6.50. The lowest BCUT2D eigenvalue weighted by Crippen LogP contribution is -2.25. The quantitative estimate of drug-likeness (QED) is 0.252. The average Bonchev–Trinajstić information content (AvgIpc) is 3.10. The summed E-state index contributed by atoms with van der Waals surface area (Å²) < 4.78 is 4.63. The molecule has 0 amide bonds. The summed E-state index contributed by atoms with van der Waals surface area (Å²) in [6.45, 7) is 1.78. The number of Topliss-reactive ketones (excluding diaryl/α,β-unsaturated/α-hetero) is 1. The first kappa shape index (κ1) is 26.8. The molecule has 2 N–H and O–H groups in total. The highest BCUT2D eigenvalue weighted by molar-refractivity contribution is 8.01. The van der Waals surface area contributed by atoms with Crippen LogP contribution in [0.2, 0.25) is 0 Å². The number of hydrogen-bond acceptors (Lipinski definition) is 7. The smallest absolute Gasteiger partial charge is 0.315 e. The molecular formula is C27H34O5S2. The molecule has 7 heteroatoms. The average molecular weight is 503 g/mol. The standard InChI is InChI=1S/C27H34O5S2/c1-27(31,13-11-20-9-5-8-19-7-3-4-10-21(19)20)14-12-22-23(28)17-24(29)26(22)34-16-6-15-33-18-25(30)32-2/h3-5,7-10,12,14,22-23,26,28,31H,6,11,13,15-18H2,1-2H3/t22-,23+,26?,27?/m0/s1. The van der Waals surface area contributed by atoms with Gasteiger partial charge in [-0.15, -0.1) is 11.8 Å². The van der Waals surface area contributed by atoms with Crippen LogP contribution >= 0.6 is 23.5 Å². The largest absolute Gasteiger partial charge is 0.468 e. The molecule has 1 aliphatic carbocycles. The van der Waals surface area contributed by atoms with Crippen LogP contribution in [0.3, 0.4) is 0 Å². The number of hydrogen-bond donors (Lipinski definition) is 2. The Kier molecular flexibility index (Phi) is 10.1. The van der Waals surface area contributed by atoms with Gasteiger partial charge in [-0.3, -0.25) is 9.59 Å². The summed E-state index contributed by atoms with van der Waals surface area (Å²) in [5.41, 5.74) is 0.156. The summed E-state index contributed by atoms with van der Waals surface area (Å²) in [6.07, 6.45) is 5.17. The van der Waals surface area contributed by atoms with Crippen molar-refractivity contribution in [2.75, 3.05) is 24.4 Å². The maximum Gasteiger partial charge on any atom is 0.315 e.